The predicted octanol–water partition coefficient (Wildman–Crippen LogP) is 3.17. The predicted molar refractivity (Wildman–Crippen MR) is 82.2 cm³/mol. The average molecular weight is 317 g/mol. The summed E-state index contributed by atoms with van der Waals surface area (Å²) in [6.07, 6.45) is 3.80. The highest BCUT2D eigenvalue weighted by atomic mass is 35.5. The van der Waals surface area contributed by atoms with Gasteiger partial charge in [-0.1, -0.05) is 25.4 Å². The Bertz CT molecular complexity index is 589. The van der Waals surface area contributed by atoms with Gasteiger partial charge in [0, 0.05) is 6.04 Å². The summed E-state index contributed by atoms with van der Waals surface area (Å²) < 4.78 is 27.4. The highest BCUT2D eigenvalue weighted by Gasteiger charge is 2.29. The monoisotopic (exact) mass is 316 g/mol. The van der Waals surface area contributed by atoms with Crippen LogP contribution in [0.15, 0.2) is 23.1 Å². The van der Waals surface area contributed by atoms with Gasteiger partial charge in [0.15, 0.2) is 0 Å². The molecule has 112 valence electrons. The van der Waals surface area contributed by atoms with Crippen LogP contribution in [0, 0.1) is 5.41 Å². The first-order valence-electron chi connectivity index (χ1n) is 6.77. The lowest BCUT2D eigenvalue weighted by Crippen LogP contribution is -2.39. The number of sulfonamides is 1. The van der Waals surface area contributed by atoms with E-state index in [2.05, 4.69) is 18.6 Å². The first kappa shape index (κ1) is 15.6. The first-order valence-corrected chi connectivity index (χ1v) is 8.63. The van der Waals surface area contributed by atoms with Crippen molar-refractivity contribution in [2.45, 2.75) is 50.5 Å². The van der Waals surface area contributed by atoms with Crippen molar-refractivity contribution in [3.05, 3.63) is 23.2 Å². The van der Waals surface area contributed by atoms with Crippen LogP contribution in [0.1, 0.15) is 39.5 Å². The van der Waals surface area contributed by atoms with Gasteiger partial charge in [0.2, 0.25) is 10.0 Å². The van der Waals surface area contributed by atoms with E-state index in [0.717, 1.165) is 25.7 Å². The van der Waals surface area contributed by atoms with Gasteiger partial charge in [-0.3, -0.25) is 0 Å². The van der Waals surface area contributed by atoms with E-state index in [1.807, 2.05) is 0 Å². The molecule has 0 spiro atoms. The zero-order valence-electron chi connectivity index (χ0n) is 11.8. The van der Waals surface area contributed by atoms with Crippen molar-refractivity contribution in [1.29, 1.82) is 0 Å². The molecule has 0 amide bonds. The molecule has 1 aromatic rings. The number of hydrogen-bond donors (Lipinski definition) is 2. The van der Waals surface area contributed by atoms with Gasteiger partial charge in [-0.15, -0.1) is 0 Å². The van der Waals surface area contributed by atoms with E-state index in [-0.39, 0.29) is 16.6 Å². The van der Waals surface area contributed by atoms with Crippen LogP contribution >= 0.6 is 11.6 Å². The lowest BCUT2D eigenvalue weighted by molar-refractivity contribution is 0.218. The van der Waals surface area contributed by atoms with Crippen molar-refractivity contribution in [2.24, 2.45) is 5.41 Å². The van der Waals surface area contributed by atoms with E-state index >= 15 is 0 Å². The van der Waals surface area contributed by atoms with E-state index in [1.54, 1.807) is 0 Å². The second-order valence-electron chi connectivity index (χ2n) is 6.24. The molecule has 0 heterocycles. The summed E-state index contributed by atoms with van der Waals surface area (Å²) in [6.45, 7) is 4.44. The van der Waals surface area contributed by atoms with Crippen molar-refractivity contribution in [3.8, 4) is 0 Å². The van der Waals surface area contributed by atoms with Crippen LogP contribution in [0.3, 0.4) is 0 Å². The quantitative estimate of drug-likeness (QED) is 0.841. The number of benzene rings is 1. The van der Waals surface area contributed by atoms with Crippen LogP contribution in [0.4, 0.5) is 5.69 Å². The standard InChI is InChI=1S/C14H21ClN2O2S/c1-14(2)7-5-10(6-8-14)17-20(18,19)11-3-4-12(15)13(16)9-11/h3-4,9-10,17H,5-8,16H2,1-2H3. The number of nitrogens with one attached hydrogen (secondary N) is 1. The number of nitrogens with two attached hydrogens (primary N) is 1. The molecule has 1 saturated carbocycles. The topological polar surface area (TPSA) is 72.2 Å². The molecule has 3 N–H and O–H groups in total. The molecule has 0 bridgehead atoms. The van der Waals surface area contributed by atoms with Gasteiger partial charge < -0.3 is 5.73 Å². The highest BCUT2D eigenvalue weighted by Crippen LogP contribution is 2.35. The van der Waals surface area contributed by atoms with Gasteiger partial charge in [0.05, 0.1) is 15.6 Å². The molecule has 6 heteroatoms. The van der Waals surface area contributed by atoms with Crippen LogP contribution < -0.4 is 10.5 Å². The minimum absolute atomic E-state index is 0.00456. The van der Waals surface area contributed by atoms with Gasteiger partial charge in [-0.05, 0) is 49.3 Å². The fraction of sp³-hybridized carbons (Fsp3) is 0.571. The fourth-order valence-corrected chi connectivity index (χ4v) is 3.95. The van der Waals surface area contributed by atoms with Crippen molar-refractivity contribution in [3.63, 3.8) is 0 Å². The third kappa shape index (κ3) is 3.65. The smallest absolute Gasteiger partial charge is 0.240 e. The van der Waals surface area contributed by atoms with Crippen molar-refractivity contribution >= 4 is 27.3 Å². The summed E-state index contributed by atoms with van der Waals surface area (Å²) in [5.74, 6) is 0. The van der Waals surface area contributed by atoms with Gasteiger partial charge in [-0.25, -0.2) is 13.1 Å². The molecular weight excluding hydrogens is 296 g/mol. The number of hydrogen-bond acceptors (Lipinski definition) is 3. The maximum atomic E-state index is 12.3. The molecule has 0 aliphatic heterocycles. The van der Waals surface area contributed by atoms with Crippen LogP contribution in [-0.2, 0) is 10.0 Å². The molecule has 0 saturated heterocycles. The van der Waals surface area contributed by atoms with Crippen molar-refractivity contribution in [2.75, 3.05) is 5.73 Å². The van der Waals surface area contributed by atoms with Crippen LogP contribution in [0.2, 0.25) is 5.02 Å². The number of nitrogen functional groups attached to an aromatic ring is 1. The largest absolute Gasteiger partial charge is 0.397 e. The maximum Gasteiger partial charge on any atom is 0.240 e. The Morgan fingerprint density at radius 1 is 1.30 bits per heavy atom. The molecule has 1 aromatic carbocycles. The molecule has 20 heavy (non-hydrogen) atoms. The van der Waals surface area contributed by atoms with E-state index in [4.69, 9.17) is 17.3 Å². The third-order valence-corrected chi connectivity index (χ3v) is 5.80. The minimum Gasteiger partial charge on any atom is -0.397 e. The molecule has 4 nitrogen and oxygen atoms in total. The number of rotatable bonds is 3. The van der Waals surface area contributed by atoms with Gasteiger partial charge in [-0.2, -0.15) is 0 Å². The second-order valence-corrected chi connectivity index (χ2v) is 8.36. The van der Waals surface area contributed by atoms with E-state index < -0.39 is 10.0 Å². The number of anilines is 1. The molecule has 1 aliphatic rings. The second kappa shape index (κ2) is 5.54. The van der Waals surface area contributed by atoms with Gasteiger partial charge >= 0.3 is 0 Å². The summed E-state index contributed by atoms with van der Waals surface area (Å²) >= 11 is 5.81. The maximum absolute atomic E-state index is 12.3. The highest BCUT2D eigenvalue weighted by molar-refractivity contribution is 7.89. The summed E-state index contributed by atoms with van der Waals surface area (Å²) in [6, 6.07) is 4.39. The summed E-state index contributed by atoms with van der Waals surface area (Å²) in [5.41, 5.74) is 6.25. The molecule has 1 aliphatic carbocycles. The van der Waals surface area contributed by atoms with Gasteiger partial charge in [0.25, 0.3) is 0 Å². The van der Waals surface area contributed by atoms with Crippen LogP contribution in [-0.4, -0.2) is 14.5 Å². The molecule has 0 radical (unpaired) electrons. The Balaban J connectivity index is 2.10. The molecule has 0 unspecified atom stereocenters. The molecule has 0 aromatic heterocycles. The van der Waals surface area contributed by atoms with Crippen molar-refractivity contribution < 1.29 is 8.42 Å². The Kier molecular flexibility index (Phi) is 4.33. The molecule has 2 rings (SSSR count). The molecule has 1 fully saturated rings. The minimum atomic E-state index is -3.53. The number of halogens is 1. The lowest BCUT2D eigenvalue weighted by atomic mass is 9.76. The Labute approximate surface area is 125 Å². The average Bonchev–Trinajstić information content (AvgIpc) is 2.35. The van der Waals surface area contributed by atoms with Crippen LogP contribution in [0.5, 0.6) is 0 Å². The third-order valence-electron chi connectivity index (χ3n) is 3.94. The summed E-state index contributed by atoms with van der Waals surface area (Å²) in [7, 11) is -3.53. The normalized spacial score (nSPS) is 19.9. The summed E-state index contributed by atoms with van der Waals surface area (Å²) in [5, 5.41) is 0.364. The van der Waals surface area contributed by atoms with Crippen molar-refractivity contribution in [1.82, 2.24) is 4.72 Å². The zero-order valence-corrected chi connectivity index (χ0v) is 13.4. The van der Waals surface area contributed by atoms with E-state index in [9.17, 15) is 8.42 Å². The lowest BCUT2D eigenvalue weighted by Gasteiger charge is -2.34. The Hall–Kier alpha value is -0.780. The Morgan fingerprint density at radius 2 is 1.90 bits per heavy atom. The van der Waals surface area contributed by atoms with E-state index in [1.165, 1.54) is 18.2 Å². The Morgan fingerprint density at radius 3 is 2.45 bits per heavy atom. The summed E-state index contributed by atoms with van der Waals surface area (Å²) in [4.78, 5) is 0.171. The SMILES string of the molecule is CC1(C)CCC(NS(=O)(=O)c2ccc(Cl)c(N)c2)CC1. The molecule has 0 atom stereocenters. The van der Waals surface area contributed by atoms with Crippen LogP contribution in [0.25, 0.3) is 0 Å². The first-order chi connectivity index (χ1) is 9.20. The fourth-order valence-electron chi connectivity index (χ4n) is 2.49. The van der Waals surface area contributed by atoms with Gasteiger partial charge in [0.1, 0.15) is 0 Å². The zero-order chi connectivity index (χ0) is 15.0. The van der Waals surface area contributed by atoms with E-state index in [0.29, 0.717) is 10.4 Å². The molecular formula is C14H21ClN2O2S.